The predicted octanol–water partition coefficient (Wildman–Crippen LogP) is 4.05. The van der Waals surface area contributed by atoms with Gasteiger partial charge in [0.1, 0.15) is 5.82 Å². The van der Waals surface area contributed by atoms with Crippen molar-refractivity contribution < 1.29 is 0 Å². The van der Waals surface area contributed by atoms with E-state index in [1.165, 1.54) is 5.69 Å². The molecule has 1 aromatic carbocycles. The van der Waals surface area contributed by atoms with E-state index < -0.39 is 0 Å². The Morgan fingerprint density at radius 2 is 2.10 bits per heavy atom. The maximum atomic E-state index is 6.24. The molecular weight excluding hydrogens is 293 g/mol. The monoisotopic (exact) mass is 311 g/mol. The van der Waals surface area contributed by atoms with Crippen LogP contribution in [0.5, 0.6) is 0 Å². The molecule has 0 saturated carbocycles. The van der Waals surface area contributed by atoms with Crippen LogP contribution in [0.15, 0.2) is 24.4 Å². The van der Waals surface area contributed by atoms with Crippen LogP contribution in [0.3, 0.4) is 0 Å². The Kier molecular flexibility index (Phi) is 5.46. The third-order valence-corrected chi connectivity index (χ3v) is 3.80. The standard InChI is InChI=1S/C15H19Cl2N3/c1-3-6-18-8-14-9-19-11(2)20(14)10-12-4-5-13(16)7-15(12)17/h4-5,7,9,18H,3,6,8,10H2,1-2H3. The molecule has 0 fully saturated rings. The Morgan fingerprint density at radius 3 is 2.80 bits per heavy atom. The van der Waals surface area contributed by atoms with Crippen molar-refractivity contribution in [3.63, 3.8) is 0 Å². The summed E-state index contributed by atoms with van der Waals surface area (Å²) in [6.07, 6.45) is 3.04. The molecule has 1 N–H and O–H groups in total. The minimum Gasteiger partial charge on any atom is -0.327 e. The van der Waals surface area contributed by atoms with Gasteiger partial charge in [-0.25, -0.2) is 4.98 Å². The topological polar surface area (TPSA) is 29.9 Å². The molecule has 108 valence electrons. The van der Waals surface area contributed by atoms with Gasteiger partial charge in [0.15, 0.2) is 0 Å². The highest BCUT2D eigenvalue weighted by molar-refractivity contribution is 6.35. The second-order valence-corrected chi connectivity index (χ2v) is 5.64. The van der Waals surface area contributed by atoms with E-state index in [0.29, 0.717) is 16.6 Å². The molecule has 1 aromatic heterocycles. The molecule has 0 spiro atoms. The average molecular weight is 312 g/mol. The van der Waals surface area contributed by atoms with Crippen molar-refractivity contribution in [1.29, 1.82) is 0 Å². The van der Waals surface area contributed by atoms with Crippen molar-refractivity contribution in [2.24, 2.45) is 0 Å². The van der Waals surface area contributed by atoms with Gasteiger partial charge >= 0.3 is 0 Å². The predicted molar refractivity (Wildman–Crippen MR) is 84.5 cm³/mol. The van der Waals surface area contributed by atoms with Crippen LogP contribution in [-0.2, 0) is 13.1 Å². The van der Waals surface area contributed by atoms with Gasteiger partial charge in [-0.2, -0.15) is 0 Å². The number of halogens is 2. The first-order chi connectivity index (χ1) is 9.61. The van der Waals surface area contributed by atoms with Crippen LogP contribution in [0.25, 0.3) is 0 Å². The molecule has 5 heteroatoms. The summed E-state index contributed by atoms with van der Waals surface area (Å²) < 4.78 is 2.18. The van der Waals surface area contributed by atoms with Crippen LogP contribution in [0.2, 0.25) is 10.0 Å². The SMILES string of the molecule is CCCNCc1cnc(C)n1Cc1ccc(Cl)cc1Cl. The lowest BCUT2D eigenvalue weighted by Gasteiger charge is -2.12. The highest BCUT2D eigenvalue weighted by Crippen LogP contribution is 2.22. The molecule has 0 saturated heterocycles. The smallest absolute Gasteiger partial charge is 0.106 e. The lowest BCUT2D eigenvalue weighted by atomic mass is 10.2. The molecule has 0 unspecified atom stereocenters. The van der Waals surface area contributed by atoms with Crippen LogP contribution in [-0.4, -0.2) is 16.1 Å². The fourth-order valence-corrected chi connectivity index (χ4v) is 2.55. The average Bonchev–Trinajstić information content (AvgIpc) is 2.75. The number of hydrogen-bond donors (Lipinski definition) is 1. The molecule has 20 heavy (non-hydrogen) atoms. The van der Waals surface area contributed by atoms with E-state index >= 15 is 0 Å². The summed E-state index contributed by atoms with van der Waals surface area (Å²) in [4.78, 5) is 4.39. The van der Waals surface area contributed by atoms with Crippen molar-refractivity contribution in [3.8, 4) is 0 Å². The van der Waals surface area contributed by atoms with Gasteiger partial charge in [-0.15, -0.1) is 0 Å². The van der Waals surface area contributed by atoms with Crippen LogP contribution in [0.4, 0.5) is 0 Å². The zero-order chi connectivity index (χ0) is 14.5. The first-order valence-corrected chi connectivity index (χ1v) is 7.53. The first-order valence-electron chi connectivity index (χ1n) is 6.77. The highest BCUT2D eigenvalue weighted by atomic mass is 35.5. The number of nitrogens with one attached hydrogen (secondary N) is 1. The van der Waals surface area contributed by atoms with Crippen molar-refractivity contribution in [2.45, 2.75) is 33.4 Å². The molecular formula is C15H19Cl2N3. The fraction of sp³-hybridized carbons (Fsp3) is 0.400. The maximum absolute atomic E-state index is 6.24. The van der Waals surface area contributed by atoms with Crippen LogP contribution >= 0.6 is 23.2 Å². The van der Waals surface area contributed by atoms with E-state index in [-0.39, 0.29) is 0 Å². The molecule has 2 aromatic rings. The molecule has 0 bridgehead atoms. The number of imidazole rings is 1. The Hall–Kier alpha value is -1.03. The summed E-state index contributed by atoms with van der Waals surface area (Å²) in [7, 11) is 0. The Balaban J connectivity index is 2.17. The molecule has 0 radical (unpaired) electrons. The minimum atomic E-state index is 0.658. The Morgan fingerprint density at radius 1 is 1.30 bits per heavy atom. The van der Waals surface area contributed by atoms with E-state index in [0.717, 1.165) is 30.9 Å². The number of aryl methyl sites for hydroxylation is 1. The summed E-state index contributed by atoms with van der Waals surface area (Å²) in [5.74, 6) is 0.990. The second-order valence-electron chi connectivity index (χ2n) is 4.80. The molecule has 3 nitrogen and oxygen atoms in total. The van der Waals surface area contributed by atoms with Crippen molar-refractivity contribution in [3.05, 3.63) is 51.5 Å². The van der Waals surface area contributed by atoms with Crippen LogP contribution in [0.1, 0.15) is 30.4 Å². The number of aromatic nitrogens is 2. The number of rotatable bonds is 6. The zero-order valence-corrected chi connectivity index (χ0v) is 13.3. The van der Waals surface area contributed by atoms with Gasteiger partial charge in [-0.05, 0) is 37.6 Å². The van der Waals surface area contributed by atoms with Gasteiger partial charge < -0.3 is 9.88 Å². The normalized spacial score (nSPS) is 11.0. The van der Waals surface area contributed by atoms with Gasteiger partial charge in [-0.3, -0.25) is 0 Å². The van der Waals surface area contributed by atoms with Gasteiger partial charge in [0.2, 0.25) is 0 Å². The summed E-state index contributed by atoms with van der Waals surface area (Å²) >= 11 is 12.2. The molecule has 0 amide bonds. The highest BCUT2D eigenvalue weighted by Gasteiger charge is 2.09. The van der Waals surface area contributed by atoms with Gasteiger partial charge in [-0.1, -0.05) is 36.2 Å². The molecule has 0 aliphatic carbocycles. The summed E-state index contributed by atoms with van der Waals surface area (Å²) in [6, 6.07) is 5.61. The summed E-state index contributed by atoms with van der Waals surface area (Å²) in [5.41, 5.74) is 2.22. The van der Waals surface area contributed by atoms with Crippen LogP contribution < -0.4 is 5.32 Å². The number of benzene rings is 1. The lowest BCUT2D eigenvalue weighted by Crippen LogP contribution is -2.17. The van der Waals surface area contributed by atoms with E-state index in [2.05, 4.69) is 21.8 Å². The number of hydrogen-bond acceptors (Lipinski definition) is 2. The van der Waals surface area contributed by atoms with Gasteiger partial charge in [0, 0.05) is 22.8 Å². The second kappa shape index (κ2) is 7.11. The molecule has 0 aliphatic heterocycles. The summed E-state index contributed by atoms with van der Waals surface area (Å²) in [6.45, 7) is 6.70. The fourth-order valence-electron chi connectivity index (χ4n) is 2.09. The summed E-state index contributed by atoms with van der Waals surface area (Å²) in [5, 5.41) is 4.75. The quantitative estimate of drug-likeness (QED) is 0.816. The van der Waals surface area contributed by atoms with E-state index in [1.807, 2.05) is 25.3 Å². The van der Waals surface area contributed by atoms with Gasteiger partial charge in [0.25, 0.3) is 0 Å². The third-order valence-electron chi connectivity index (χ3n) is 3.21. The Bertz CT molecular complexity index is 578. The molecule has 1 heterocycles. The van der Waals surface area contributed by atoms with Crippen molar-refractivity contribution >= 4 is 23.2 Å². The molecule has 0 aliphatic rings. The minimum absolute atomic E-state index is 0.658. The van der Waals surface area contributed by atoms with E-state index in [1.54, 1.807) is 6.07 Å². The number of nitrogens with zero attached hydrogens (tertiary/aromatic N) is 2. The lowest BCUT2D eigenvalue weighted by molar-refractivity contribution is 0.623. The Labute approximate surface area is 129 Å². The molecule has 0 atom stereocenters. The van der Waals surface area contributed by atoms with E-state index in [4.69, 9.17) is 23.2 Å². The largest absolute Gasteiger partial charge is 0.327 e. The first kappa shape index (κ1) is 15.4. The third kappa shape index (κ3) is 3.75. The van der Waals surface area contributed by atoms with E-state index in [9.17, 15) is 0 Å². The van der Waals surface area contributed by atoms with Gasteiger partial charge in [0.05, 0.1) is 12.2 Å². The maximum Gasteiger partial charge on any atom is 0.106 e. The van der Waals surface area contributed by atoms with Crippen molar-refractivity contribution in [2.75, 3.05) is 6.54 Å². The zero-order valence-electron chi connectivity index (χ0n) is 11.8. The van der Waals surface area contributed by atoms with Crippen LogP contribution in [0, 0.1) is 6.92 Å². The molecule has 2 rings (SSSR count). The van der Waals surface area contributed by atoms with Crippen molar-refractivity contribution in [1.82, 2.24) is 14.9 Å².